The second-order valence-corrected chi connectivity index (χ2v) is 2.65. The number of hydrogen-bond donors (Lipinski definition) is 1. The largest absolute Gasteiger partial charge is 0.481 e. The summed E-state index contributed by atoms with van der Waals surface area (Å²) in [6.07, 6.45) is -0.292. The van der Waals surface area contributed by atoms with Crippen LogP contribution >= 0.6 is 11.6 Å². The maximum absolute atomic E-state index is 13.1. The first-order chi connectivity index (χ1) is 5.43. The monoisotopic (exact) mass is 194 g/mol. The van der Waals surface area contributed by atoms with Crippen molar-refractivity contribution in [2.75, 3.05) is 0 Å². The van der Waals surface area contributed by atoms with Gasteiger partial charge in [-0.25, -0.2) is 4.79 Å². The lowest BCUT2D eigenvalue weighted by molar-refractivity contribution is -0.166. The Bertz CT molecular complexity index is 275. The molecule has 12 heavy (non-hydrogen) atoms. The van der Waals surface area contributed by atoms with E-state index in [2.05, 4.69) is 4.74 Å². The van der Waals surface area contributed by atoms with Gasteiger partial charge in [-0.3, -0.25) is 4.79 Å². The Morgan fingerprint density at radius 1 is 1.83 bits per heavy atom. The van der Waals surface area contributed by atoms with Gasteiger partial charge in [0.05, 0.1) is 0 Å². The van der Waals surface area contributed by atoms with Crippen LogP contribution in [0.2, 0.25) is 0 Å². The Morgan fingerprint density at radius 3 is 2.75 bits per heavy atom. The first-order valence-corrected chi connectivity index (χ1v) is 3.33. The van der Waals surface area contributed by atoms with E-state index in [0.29, 0.717) is 6.08 Å². The molecule has 66 valence electrons. The summed E-state index contributed by atoms with van der Waals surface area (Å²) in [4.78, 5) is 20.6. The highest BCUT2D eigenvalue weighted by Crippen LogP contribution is 2.30. The van der Waals surface area contributed by atoms with Gasteiger partial charge >= 0.3 is 11.9 Å². The first kappa shape index (κ1) is 8.99. The van der Waals surface area contributed by atoms with Gasteiger partial charge in [-0.15, -0.1) is 0 Å². The smallest absolute Gasteiger partial charge is 0.352 e. The fourth-order valence-electron chi connectivity index (χ4n) is 0.774. The highest BCUT2D eigenvalue weighted by Gasteiger charge is 2.41. The van der Waals surface area contributed by atoms with E-state index in [1.807, 2.05) is 0 Å². The molecule has 0 fully saturated rings. The quantitative estimate of drug-likeness (QED) is 0.661. The van der Waals surface area contributed by atoms with Crippen molar-refractivity contribution in [3.8, 4) is 0 Å². The van der Waals surface area contributed by atoms with Crippen molar-refractivity contribution in [3.05, 3.63) is 11.1 Å². The molecule has 1 aliphatic heterocycles. The molecule has 0 spiro atoms. The summed E-state index contributed by atoms with van der Waals surface area (Å²) in [5, 5.41) is 7.78. The maximum atomic E-state index is 13.1. The zero-order valence-corrected chi connectivity index (χ0v) is 6.47. The van der Waals surface area contributed by atoms with Gasteiger partial charge in [0.25, 0.3) is 5.85 Å². The fraction of sp³-hybridized carbons (Fsp3) is 0.333. The van der Waals surface area contributed by atoms with E-state index in [1.165, 1.54) is 0 Å². The van der Waals surface area contributed by atoms with E-state index in [-0.39, 0.29) is 0 Å². The zero-order chi connectivity index (χ0) is 9.35. The number of carboxylic acids is 1. The number of hydrogen-bond acceptors (Lipinski definition) is 3. The Labute approximate surface area is 71.6 Å². The molecule has 1 heterocycles. The molecule has 0 saturated carbocycles. The third kappa shape index (κ3) is 1.73. The summed E-state index contributed by atoms with van der Waals surface area (Å²) >= 11 is 5.18. The average molecular weight is 195 g/mol. The van der Waals surface area contributed by atoms with Crippen molar-refractivity contribution < 1.29 is 23.8 Å². The standard InChI is InChI=1S/C6H4ClFO4/c7-3-1-6(8,2-4(9)10)12-5(3)11/h1H,2H2,(H,9,10). The van der Waals surface area contributed by atoms with Crippen molar-refractivity contribution in [3.63, 3.8) is 0 Å². The van der Waals surface area contributed by atoms with E-state index >= 15 is 0 Å². The molecule has 1 N–H and O–H groups in total. The van der Waals surface area contributed by atoms with Crippen molar-refractivity contribution in [2.45, 2.75) is 12.3 Å². The maximum Gasteiger partial charge on any atom is 0.352 e. The van der Waals surface area contributed by atoms with Crippen molar-refractivity contribution >= 4 is 23.5 Å². The molecule has 1 rings (SSSR count). The van der Waals surface area contributed by atoms with Crippen molar-refractivity contribution in [1.82, 2.24) is 0 Å². The van der Waals surface area contributed by atoms with Crippen LogP contribution in [0.1, 0.15) is 6.42 Å². The summed E-state index contributed by atoms with van der Waals surface area (Å²) in [6.45, 7) is 0. The molecule has 6 heteroatoms. The third-order valence-corrected chi connectivity index (χ3v) is 1.46. The molecule has 4 nitrogen and oxygen atoms in total. The van der Waals surface area contributed by atoms with Gasteiger partial charge in [0.2, 0.25) is 0 Å². The van der Waals surface area contributed by atoms with Crippen LogP contribution < -0.4 is 0 Å². The van der Waals surface area contributed by atoms with E-state index < -0.39 is 29.2 Å². The first-order valence-electron chi connectivity index (χ1n) is 2.95. The van der Waals surface area contributed by atoms with Gasteiger partial charge in [-0.2, -0.15) is 4.39 Å². The van der Waals surface area contributed by atoms with Gasteiger partial charge in [-0.1, -0.05) is 11.6 Å². The van der Waals surface area contributed by atoms with Crippen LogP contribution in [0.5, 0.6) is 0 Å². The molecule has 0 aromatic heterocycles. The Kier molecular flexibility index (Phi) is 2.06. The second-order valence-electron chi connectivity index (χ2n) is 2.24. The van der Waals surface area contributed by atoms with Crippen molar-refractivity contribution in [1.29, 1.82) is 0 Å². The topological polar surface area (TPSA) is 63.6 Å². The second kappa shape index (κ2) is 2.75. The van der Waals surface area contributed by atoms with Crippen LogP contribution in [0.3, 0.4) is 0 Å². The van der Waals surface area contributed by atoms with Gasteiger partial charge in [0, 0.05) is 6.08 Å². The zero-order valence-electron chi connectivity index (χ0n) is 5.71. The number of carbonyl (C=O) groups is 2. The molecule has 0 aromatic carbocycles. The number of carbonyl (C=O) groups excluding carboxylic acids is 1. The predicted octanol–water partition coefficient (Wildman–Crippen LogP) is 0.806. The molecular weight excluding hydrogens is 191 g/mol. The average Bonchev–Trinajstić information content (AvgIpc) is 2.04. The van der Waals surface area contributed by atoms with E-state index in [0.717, 1.165) is 0 Å². The molecule has 0 radical (unpaired) electrons. The number of aliphatic carboxylic acids is 1. The molecular formula is C6H4ClFO4. The summed E-state index contributed by atoms with van der Waals surface area (Å²) < 4.78 is 17.1. The third-order valence-electron chi connectivity index (χ3n) is 1.19. The highest BCUT2D eigenvalue weighted by atomic mass is 35.5. The normalized spacial score (nSPS) is 28.2. The Balaban J connectivity index is 2.77. The van der Waals surface area contributed by atoms with Crippen LogP contribution in [0.15, 0.2) is 11.1 Å². The van der Waals surface area contributed by atoms with Crippen LogP contribution in [-0.2, 0) is 14.3 Å². The van der Waals surface area contributed by atoms with Crippen molar-refractivity contribution in [2.24, 2.45) is 0 Å². The Morgan fingerprint density at radius 2 is 2.42 bits per heavy atom. The molecule has 0 amide bonds. The number of carboxylic acid groups (broad SMARTS) is 1. The van der Waals surface area contributed by atoms with E-state index in [1.54, 1.807) is 0 Å². The minimum atomic E-state index is -2.58. The summed E-state index contributed by atoms with van der Waals surface area (Å²) in [6, 6.07) is 0. The molecule has 1 aliphatic rings. The highest BCUT2D eigenvalue weighted by molar-refractivity contribution is 6.41. The number of esters is 1. The number of ether oxygens (including phenoxy) is 1. The number of rotatable bonds is 2. The van der Waals surface area contributed by atoms with Gasteiger partial charge in [0.15, 0.2) is 0 Å². The number of cyclic esters (lactones) is 1. The molecule has 0 saturated heterocycles. The summed E-state index contributed by atoms with van der Waals surface area (Å²) in [5.41, 5.74) is 0. The lowest BCUT2D eigenvalue weighted by Crippen LogP contribution is -2.25. The van der Waals surface area contributed by atoms with E-state index in [9.17, 15) is 14.0 Å². The number of halogens is 2. The fourth-order valence-corrected chi connectivity index (χ4v) is 0.975. The van der Waals surface area contributed by atoms with Gasteiger partial charge in [0.1, 0.15) is 11.5 Å². The minimum Gasteiger partial charge on any atom is -0.481 e. The summed E-state index contributed by atoms with van der Waals surface area (Å²) in [7, 11) is 0. The predicted molar refractivity (Wildman–Crippen MR) is 36.1 cm³/mol. The van der Waals surface area contributed by atoms with Crippen LogP contribution in [0, 0.1) is 0 Å². The molecule has 0 aliphatic carbocycles. The number of alkyl halides is 1. The van der Waals surface area contributed by atoms with Crippen LogP contribution in [-0.4, -0.2) is 22.9 Å². The van der Waals surface area contributed by atoms with E-state index in [4.69, 9.17) is 16.7 Å². The lowest BCUT2D eigenvalue weighted by atomic mass is 10.2. The molecule has 0 bridgehead atoms. The lowest BCUT2D eigenvalue weighted by Gasteiger charge is -2.12. The molecule has 1 unspecified atom stereocenters. The van der Waals surface area contributed by atoms with Gasteiger partial charge < -0.3 is 9.84 Å². The SMILES string of the molecule is O=C(O)CC1(F)C=C(Cl)C(=O)O1. The van der Waals surface area contributed by atoms with Crippen LogP contribution in [0.4, 0.5) is 4.39 Å². The molecule has 0 aromatic rings. The molecule has 1 atom stereocenters. The van der Waals surface area contributed by atoms with Gasteiger partial charge in [-0.05, 0) is 0 Å². The Hall–Kier alpha value is -1.10. The minimum absolute atomic E-state index is 0.432. The summed E-state index contributed by atoms with van der Waals surface area (Å²) in [5.74, 6) is -5.03. The van der Waals surface area contributed by atoms with Crippen LogP contribution in [0.25, 0.3) is 0 Å².